The molecule has 1 N–H and O–H groups in total. The molecule has 160 valence electrons. The number of allylic oxidation sites excluding steroid dienone is 2. The Morgan fingerprint density at radius 1 is 1.19 bits per heavy atom. The second-order valence-corrected chi connectivity index (χ2v) is 7.58. The van der Waals surface area contributed by atoms with Crippen LogP contribution in [0.25, 0.3) is 0 Å². The minimum atomic E-state index is -0.409. The van der Waals surface area contributed by atoms with E-state index in [0.717, 1.165) is 16.8 Å². The van der Waals surface area contributed by atoms with Crippen LogP contribution < -0.4 is 14.8 Å². The standard InChI is InChI=1S/C23H23ClN4O3/c1-4-30-20-11-16(9-10-19(20)31-12-17-7-5-6-8-18(17)24)22-21(15(3)29)14(2)27-23-25-13-26-28(22)23/h5-11,13,22H,4,12H2,1-3H3,(H,25,26,27). The number of hydrogen-bond donors (Lipinski definition) is 1. The summed E-state index contributed by atoms with van der Waals surface area (Å²) in [4.78, 5) is 16.7. The van der Waals surface area contributed by atoms with Crippen LogP contribution in [0, 0.1) is 0 Å². The molecule has 0 saturated heterocycles. The Hall–Kier alpha value is -3.32. The zero-order chi connectivity index (χ0) is 22.0. The van der Waals surface area contributed by atoms with Gasteiger partial charge in [-0.05, 0) is 44.5 Å². The molecule has 0 saturated carbocycles. The van der Waals surface area contributed by atoms with Crippen molar-refractivity contribution in [2.45, 2.75) is 33.4 Å². The molecule has 3 aromatic rings. The van der Waals surface area contributed by atoms with E-state index in [1.165, 1.54) is 6.33 Å². The Kier molecular flexibility index (Phi) is 5.95. The number of carbonyl (C=O) groups excluding carboxylic acids is 1. The molecule has 2 heterocycles. The van der Waals surface area contributed by atoms with Crippen LogP contribution in [-0.4, -0.2) is 27.2 Å². The van der Waals surface area contributed by atoms with Crippen LogP contribution >= 0.6 is 11.6 Å². The first-order valence-corrected chi connectivity index (χ1v) is 10.4. The molecule has 2 aromatic carbocycles. The third-order valence-corrected chi connectivity index (χ3v) is 5.47. The maximum atomic E-state index is 12.5. The van der Waals surface area contributed by atoms with Crippen LogP contribution in [0.4, 0.5) is 5.95 Å². The van der Waals surface area contributed by atoms with E-state index in [4.69, 9.17) is 21.1 Å². The van der Waals surface area contributed by atoms with E-state index < -0.39 is 6.04 Å². The number of aromatic nitrogens is 3. The van der Waals surface area contributed by atoms with E-state index in [1.807, 2.05) is 56.3 Å². The number of ketones is 1. The highest BCUT2D eigenvalue weighted by atomic mass is 35.5. The first-order chi connectivity index (χ1) is 15.0. The van der Waals surface area contributed by atoms with Crippen molar-refractivity contribution < 1.29 is 14.3 Å². The first-order valence-electron chi connectivity index (χ1n) is 10.0. The topological polar surface area (TPSA) is 78.3 Å². The quantitative estimate of drug-likeness (QED) is 0.571. The van der Waals surface area contributed by atoms with E-state index in [1.54, 1.807) is 11.6 Å². The van der Waals surface area contributed by atoms with Crippen LogP contribution in [0.15, 0.2) is 60.1 Å². The Labute approximate surface area is 185 Å². The van der Waals surface area contributed by atoms with Crippen molar-refractivity contribution in [2.24, 2.45) is 0 Å². The molecule has 31 heavy (non-hydrogen) atoms. The first kappa shape index (κ1) is 20.9. The summed E-state index contributed by atoms with van der Waals surface area (Å²) in [5, 5.41) is 8.13. The summed E-state index contributed by atoms with van der Waals surface area (Å²) in [5.74, 6) is 1.74. The largest absolute Gasteiger partial charge is 0.490 e. The van der Waals surface area contributed by atoms with Gasteiger partial charge in [0, 0.05) is 21.9 Å². The molecule has 0 spiro atoms. The Balaban J connectivity index is 1.70. The number of rotatable bonds is 7. The van der Waals surface area contributed by atoms with E-state index >= 15 is 0 Å². The van der Waals surface area contributed by atoms with Crippen LogP contribution in [0.3, 0.4) is 0 Å². The van der Waals surface area contributed by atoms with Gasteiger partial charge >= 0.3 is 0 Å². The number of halogens is 1. The molecule has 0 amide bonds. The Morgan fingerprint density at radius 2 is 2.00 bits per heavy atom. The summed E-state index contributed by atoms with van der Waals surface area (Å²) in [6, 6.07) is 12.8. The average molecular weight is 439 g/mol. The van der Waals surface area contributed by atoms with Gasteiger partial charge in [0.15, 0.2) is 17.3 Å². The normalized spacial score (nSPS) is 15.3. The summed E-state index contributed by atoms with van der Waals surface area (Å²) >= 11 is 6.24. The summed E-state index contributed by atoms with van der Waals surface area (Å²) < 4.78 is 13.6. The highest BCUT2D eigenvalue weighted by molar-refractivity contribution is 6.31. The van der Waals surface area contributed by atoms with Gasteiger partial charge in [0.2, 0.25) is 5.95 Å². The van der Waals surface area contributed by atoms with E-state index in [9.17, 15) is 4.79 Å². The van der Waals surface area contributed by atoms with Crippen molar-refractivity contribution in [2.75, 3.05) is 11.9 Å². The van der Waals surface area contributed by atoms with Gasteiger partial charge in [0.1, 0.15) is 19.0 Å². The van der Waals surface area contributed by atoms with Gasteiger partial charge in [0.25, 0.3) is 0 Å². The number of hydrogen-bond acceptors (Lipinski definition) is 6. The van der Waals surface area contributed by atoms with E-state index in [0.29, 0.717) is 41.3 Å². The molecule has 0 bridgehead atoms. The summed E-state index contributed by atoms with van der Waals surface area (Å²) in [6.07, 6.45) is 1.47. The zero-order valence-corrected chi connectivity index (χ0v) is 18.3. The fourth-order valence-electron chi connectivity index (χ4n) is 3.71. The van der Waals surface area contributed by atoms with Crippen molar-refractivity contribution in [3.05, 3.63) is 76.2 Å². The van der Waals surface area contributed by atoms with Crippen LogP contribution in [0.5, 0.6) is 11.5 Å². The molecule has 1 aromatic heterocycles. The second-order valence-electron chi connectivity index (χ2n) is 7.17. The SMILES string of the molecule is CCOc1cc(C2C(C(C)=O)=C(C)Nc3ncnn32)ccc1OCc1ccccc1Cl. The van der Waals surface area contributed by atoms with Gasteiger partial charge in [-0.2, -0.15) is 10.1 Å². The highest BCUT2D eigenvalue weighted by Gasteiger charge is 2.32. The summed E-state index contributed by atoms with van der Waals surface area (Å²) in [5.41, 5.74) is 3.13. The summed E-state index contributed by atoms with van der Waals surface area (Å²) in [6.45, 7) is 6.13. The number of benzene rings is 2. The molecule has 8 heteroatoms. The van der Waals surface area contributed by atoms with Gasteiger partial charge in [-0.3, -0.25) is 4.79 Å². The molecule has 1 unspecified atom stereocenters. The van der Waals surface area contributed by atoms with E-state index in [-0.39, 0.29) is 5.78 Å². The zero-order valence-electron chi connectivity index (χ0n) is 17.6. The fourth-order valence-corrected chi connectivity index (χ4v) is 3.90. The van der Waals surface area contributed by atoms with E-state index in [2.05, 4.69) is 15.4 Å². The Morgan fingerprint density at radius 3 is 2.74 bits per heavy atom. The number of Topliss-reactive ketones (excluding diaryl/α,β-unsaturated/α-hetero) is 1. The maximum Gasteiger partial charge on any atom is 0.226 e. The van der Waals surface area contributed by atoms with Gasteiger partial charge in [-0.1, -0.05) is 35.9 Å². The Bertz CT molecular complexity index is 1160. The highest BCUT2D eigenvalue weighted by Crippen LogP contribution is 2.39. The van der Waals surface area contributed by atoms with Crippen molar-refractivity contribution in [3.8, 4) is 11.5 Å². The molecule has 1 atom stereocenters. The maximum absolute atomic E-state index is 12.5. The molecule has 7 nitrogen and oxygen atoms in total. The third-order valence-electron chi connectivity index (χ3n) is 5.10. The smallest absolute Gasteiger partial charge is 0.226 e. The lowest BCUT2D eigenvalue weighted by Crippen LogP contribution is -2.27. The minimum Gasteiger partial charge on any atom is -0.490 e. The molecule has 0 radical (unpaired) electrons. The van der Waals surface area contributed by atoms with Crippen molar-refractivity contribution in [3.63, 3.8) is 0 Å². The predicted molar refractivity (Wildman–Crippen MR) is 119 cm³/mol. The van der Waals surface area contributed by atoms with Gasteiger partial charge < -0.3 is 14.8 Å². The summed E-state index contributed by atoms with van der Waals surface area (Å²) in [7, 11) is 0. The molecular weight excluding hydrogens is 416 g/mol. The average Bonchev–Trinajstić information content (AvgIpc) is 3.21. The lowest BCUT2D eigenvalue weighted by Gasteiger charge is -2.28. The van der Waals surface area contributed by atoms with Crippen molar-refractivity contribution >= 4 is 23.3 Å². The number of nitrogens with one attached hydrogen (secondary N) is 1. The van der Waals surface area contributed by atoms with Crippen LogP contribution in [0.2, 0.25) is 5.02 Å². The van der Waals surface area contributed by atoms with Gasteiger partial charge in [-0.15, -0.1) is 0 Å². The van der Waals surface area contributed by atoms with Crippen LogP contribution in [-0.2, 0) is 11.4 Å². The molecule has 1 aliphatic rings. The minimum absolute atomic E-state index is 0.0341. The molecule has 4 rings (SSSR count). The van der Waals surface area contributed by atoms with Crippen molar-refractivity contribution in [1.29, 1.82) is 0 Å². The number of ether oxygens (including phenoxy) is 2. The van der Waals surface area contributed by atoms with Gasteiger partial charge in [0.05, 0.1) is 6.61 Å². The second kappa shape index (κ2) is 8.81. The molecule has 0 aliphatic carbocycles. The lowest BCUT2D eigenvalue weighted by molar-refractivity contribution is -0.114. The number of fused-ring (bicyclic) bond motifs is 1. The monoisotopic (exact) mass is 438 g/mol. The molecular formula is C23H23ClN4O3. The molecule has 1 aliphatic heterocycles. The van der Waals surface area contributed by atoms with Crippen LogP contribution in [0.1, 0.15) is 37.9 Å². The third kappa shape index (κ3) is 4.14. The number of nitrogens with zero attached hydrogens (tertiary/aromatic N) is 3. The fraction of sp³-hybridized carbons (Fsp3) is 0.261. The predicted octanol–water partition coefficient (Wildman–Crippen LogP) is 4.79. The number of anilines is 1. The molecule has 0 fully saturated rings. The van der Waals surface area contributed by atoms with Crippen molar-refractivity contribution in [1.82, 2.24) is 14.8 Å². The van der Waals surface area contributed by atoms with Gasteiger partial charge in [-0.25, -0.2) is 4.68 Å². The lowest BCUT2D eigenvalue weighted by atomic mass is 9.93. The number of carbonyl (C=O) groups is 1.